The van der Waals surface area contributed by atoms with E-state index >= 15 is 0 Å². The number of rotatable bonds is 7. The van der Waals surface area contributed by atoms with E-state index in [0.717, 1.165) is 22.5 Å². The first-order valence-corrected chi connectivity index (χ1v) is 19.3. The van der Waals surface area contributed by atoms with E-state index in [1.807, 2.05) is 6.20 Å². The number of aromatic nitrogens is 4. The second-order valence-corrected chi connectivity index (χ2v) is 14.9. The molecule has 3 heterocycles. The lowest BCUT2D eigenvalue weighted by Crippen LogP contribution is -2.31. The van der Waals surface area contributed by atoms with E-state index in [1.165, 1.54) is 66.3 Å². The average Bonchev–Trinajstić information content (AvgIpc) is 3.76. The van der Waals surface area contributed by atoms with Crippen LogP contribution in [0, 0.1) is 13.8 Å². The van der Waals surface area contributed by atoms with Gasteiger partial charge in [0.2, 0.25) is 6.33 Å². The molecule has 0 aliphatic heterocycles. The molecular weight excluding hydrogens is 681 g/mol. The lowest BCUT2D eigenvalue weighted by Gasteiger charge is -2.37. The maximum Gasteiger partial charge on any atom is 0.249 e. The lowest BCUT2D eigenvalue weighted by atomic mass is 9.65. The van der Waals surface area contributed by atoms with E-state index in [0.29, 0.717) is 0 Å². The molecule has 0 N–H and O–H groups in total. The van der Waals surface area contributed by atoms with Crippen LogP contribution in [-0.4, -0.2) is 14.1 Å². The normalized spacial score (nSPS) is 11.8. The van der Waals surface area contributed by atoms with Crippen LogP contribution in [0.1, 0.15) is 33.4 Å². The fraction of sp³-hybridized carbons (Fsp3) is 0.0769. The Bertz CT molecular complexity index is 3000. The molecule has 0 saturated carbocycles. The fourth-order valence-electron chi connectivity index (χ4n) is 9.15. The smallest absolute Gasteiger partial charge is 0.249 e. The molecule has 56 heavy (non-hydrogen) atoms. The fourth-order valence-corrected chi connectivity index (χ4v) is 9.15. The van der Waals surface area contributed by atoms with Gasteiger partial charge in [-0.05, 0) is 107 Å². The maximum absolute atomic E-state index is 5.06. The van der Waals surface area contributed by atoms with Crippen molar-refractivity contribution in [1.29, 1.82) is 0 Å². The van der Waals surface area contributed by atoms with Crippen LogP contribution in [0.4, 0.5) is 0 Å². The van der Waals surface area contributed by atoms with Gasteiger partial charge in [-0.1, -0.05) is 133 Å². The summed E-state index contributed by atoms with van der Waals surface area (Å²) in [5, 5.41) is 2.39. The molecule has 0 atom stereocenters. The van der Waals surface area contributed by atoms with Crippen molar-refractivity contribution in [1.82, 2.24) is 14.1 Å². The van der Waals surface area contributed by atoms with Crippen LogP contribution in [0.5, 0.6) is 0 Å². The summed E-state index contributed by atoms with van der Waals surface area (Å²) in [5.41, 5.74) is 14.7. The van der Waals surface area contributed by atoms with Crippen molar-refractivity contribution in [3.05, 3.63) is 228 Å². The monoisotopic (exact) mass is 721 g/mol. The highest BCUT2D eigenvalue weighted by Crippen LogP contribution is 2.47. The van der Waals surface area contributed by atoms with E-state index < -0.39 is 5.41 Å². The summed E-state index contributed by atoms with van der Waals surface area (Å²) in [5.74, 6) is 0.896. The summed E-state index contributed by atoms with van der Waals surface area (Å²) in [7, 11) is 2.11. The van der Waals surface area contributed by atoms with Crippen LogP contribution in [0.2, 0.25) is 0 Å². The molecule has 0 amide bonds. The minimum absolute atomic E-state index is 0.660. The molecule has 4 nitrogen and oxygen atoms in total. The van der Waals surface area contributed by atoms with E-state index in [1.54, 1.807) is 0 Å². The summed E-state index contributed by atoms with van der Waals surface area (Å²) < 4.78 is 6.85. The lowest BCUT2D eigenvalue weighted by molar-refractivity contribution is -0.645. The number of aryl methyl sites for hydroxylation is 3. The van der Waals surface area contributed by atoms with Gasteiger partial charge in [0.1, 0.15) is 11.5 Å². The van der Waals surface area contributed by atoms with Gasteiger partial charge in [-0.3, -0.25) is 4.57 Å². The number of pyridine rings is 1. The molecule has 4 heteroatoms. The van der Waals surface area contributed by atoms with E-state index in [9.17, 15) is 0 Å². The summed E-state index contributed by atoms with van der Waals surface area (Å²) in [6, 6.07) is 66.3. The summed E-state index contributed by atoms with van der Waals surface area (Å²) in [6.45, 7) is 4.38. The van der Waals surface area contributed by atoms with Gasteiger partial charge in [0.25, 0.3) is 0 Å². The molecule has 7 aromatic carbocycles. The highest BCUT2D eigenvalue weighted by atomic mass is 15.1. The third kappa shape index (κ3) is 5.21. The van der Waals surface area contributed by atoms with Gasteiger partial charge in [-0.2, -0.15) is 4.57 Å². The third-order valence-electron chi connectivity index (χ3n) is 11.6. The molecule has 0 radical (unpaired) electrons. The van der Waals surface area contributed by atoms with Crippen molar-refractivity contribution in [3.8, 4) is 22.6 Å². The van der Waals surface area contributed by atoms with Crippen LogP contribution in [0.3, 0.4) is 0 Å². The Morgan fingerprint density at radius 3 is 1.86 bits per heavy atom. The number of hydrogen-bond acceptors (Lipinski definition) is 1. The van der Waals surface area contributed by atoms with Crippen molar-refractivity contribution < 1.29 is 4.57 Å². The molecule has 0 aliphatic rings. The molecule has 0 saturated heterocycles. The van der Waals surface area contributed by atoms with Gasteiger partial charge >= 0.3 is 0 Å². The minimum atomic E-state index is -0.660. The average molecular weight is 722 g/mol. The van der Waals surface area contributed by atoms with E-state index in [4.69, 9.17) is 4.98 Å². The van der Waals surface area contributed by atoms with E-state index in [-0.39, 0.29) is 0 Å². The Labute approximate surface area is 327 Å². The largest absolute Gasteiger partial charge is 0.294 e. The molecule has 3 aromatic heterocycles. The van der Waals surface area contributed by atoms with Crippen LogP contribution in [0.15, 0.2) is 195 Å². The Balaban J connectivity index is 1.27. The predicted octanol–water partition coefficient (Wildman–Crippen LogP) is 11.6. The highest BCUT2D eigenvalue weighted by Gasteiger charge is 2.39. The second kappa shape index (κ2) is 13.4. The molecule has 0 unspecified atom stereocenters. The van der Waals surface area contributed by atoms with Gasteiger partial charge in [0, 0.05) is 17.0 Å². The Hall–Kier alpha value is -7.04. The van der Waals surface area contributed by atoms with E-state index in [2.05, 4.69) is 223 Å². The van der Waals surface area contributed by atoms with Crippen LogP contribution < -0.4 is 4.57 Å². The van der Waals surface area contributed by atoms with Gasteiger partial charge < -0.3 is 0 Å². The van der Waals surface area contributed by atoms with Gasteiger partial charge in [0.15, 0.2) is 11.0 Å². The third-order valence-corrected chi connectivity index (χ3v) is 11.6. The summed E-state index contributed by atoms with van der Waals surface area (Å²) in [4.78, 5) is 5.06. The molecule has 0 spiro atoms. The number of nitrogens with zero attached hydrogens (tertiary/aromatic N) is 4. The van der Waals surface area contributed by atoms with Crippen molar-refractivity contribution >= 4 is 32.8 Å². The number of imidazole rings is 1. The zero-order valence-electron chi connectivity index (χ0n) is 31.8. The number of para-hydroxylation sites is 3. The minimum Gasteiger partial charge on any atom is -0.294 e. The van der Waals surface area contributed by atoms with Gasteiger partial charge in [0.05, 0.1) is 23.5 Å². The van der Waals surface area contributed by atoms with Crippen molar-refractivity contribution in [2.24, 2.45) is 7.05 Å². The quantitative estimate of drug-likeness (QED) is 0.119. The van der Waals surface area contributed by atoms with Crippen LogP contribution in [-0.2, 0) is 12.5 Å². The molecule has 10 rings (SSSR count). The zero-order chi connectivity index (χ0) is 37.8. The Morgan fingerprint density at radius 1 is 0.500 bits per heavy atom. The molecule has 10 aromatic rings. The first-order chi connectivity index (χ1) is 27.5. The summed E-state index contributed by atoms with van der Waals surface area (Å²) >= 11 is 0. The van der Waals surface area contributed by atoms with Gasteiger partial charge in [-0.15, -0.1) is 0 Å². The molecule has 268 valence electrons. The van der Waals surface area contributed by atoms with Crippen molar-refractivity contribution in [2.45, 2.75) is 19.3 Å². The number of benzene rings is 7. The SMILES string of the molecule is Cc1cccc(C)c1-c1ccnc(-n2c3ccccc3c3ccc(C(c4ccccc4)(c4ccccc4)c4cccc(-n5c[n+](C)c6ccccc65)c4)cc32)c1. The highest BCUT2D eigenvalue weighted by molar-refractivity contribution is 6.09. The van der Waals surface area contributed by atoms with Crippen LogP contribution >= 0.6 is 0 Å². The first kappa shape index (κ1) is 33.5. The topological polar surface area (TPSA) is 26.6 Å². The predicted molar refractivity (Wildman–Crippen MR) is 230 cm³/mol. The Kier molecular flexibility index (Phi) is 8.00. The van der Waals surface area contributed by atoms with Gasteiger partial charge in [-0.25, -0.2) is 9.55 Å². The molecule has 0 fully saturated rings. The molecule has 0 aliphatic carbocycles. The zero-order valence-corrected chi connectivity index (χ0v) is 31.8. The van der Waals surface area contributed by atoms with Crippen LogP contribution in [0.25, 0.3) is 55.5 Å². The number of hydrogen-bond donors (Lipinski definition) is 0. The standard InChI is InChI=1S/C52H41N4/c1-36-16-14-17-37(2)51(36)38-30-31-53-50(32-38)56-46-25-11-10-24-44(46)45-29-28-42(34-49(45)56)52(39-18-6-4-7-19-39,40-20-8-5-9-21-40)41-22-15-23-43(33-41)55-35-54(3)47-26-12-13-27-48(47)55/h4-35H,1-3H3/q+1. The first-order valence-electron chi connectivity index (χ1n) is 19.3. The maximum atomic E-state index is 5.06. The van der Waals surface area contributed by atoms with Crippen molar-refractivity contribution in [2.75, 3.05) is 0 Å². The van der Waals surface area contributed by atoms with Crippen molar-refractivity contribution in [3.63, 3.8) is 0 Å². The Morgan fingerprint density at radius 2 is 1.11 bits per heavy atom. The molecule has 0 bridgehead atoms. The number of fused-ring (bicyclic) bond motifs is 4. The second-order valence-electron chi connectivity index (χ2n) is 14.9. The summed E-state index contributed by atoms with van der Waals surface area (Å²) in [6.07, 6.45) is 4.14. The molecular formula is C52H41N4+.